The highest BCUT2D eigenvalue weighted by Gasteiger charge is 2.18. The van der Waals surface area contributed by atoms with Crippen LogP contribution in [-0.4, -0.2) is 24.2 Å². The van der Waals surface area contributed by atoms with Gasteiger partial charge in [-0.1, -0.05) is 30.3 Å². The Hall–Kier alpha value is -1.61. The van der Waals surface area contributed by atoms with Crippen LogP contribution in [-0.2, 0) is 11.2 Å². The molecular weight excluding hydrogens is 190 g/mol. The Morgan fingerprint density at radius 2 is 2.20 bits per heavy atom. The molecule has 0 aromatic heterocycles. The van der Waals surface area contributed by atoms with Gasteiger partial charge < -0.3 is 10.4 Å². The van der Waals surface area contributed by atoms with Gasteiger partial charge in [0, 0.05) is 12.1 Å². The number of hydrogen-bond donors (Lipinski definition) is 2. The molecule has 0 saturated carbocycles. The van der Waals surface area contributed by atoms with E-state index in [1.54, 1.807) is 0 Å². The van der Waals surface area contributed by atoms with Crippen LogP contribution in [0.2, 0.25) is 0 Å². The predicted molar refractivity (Wildman–Crippen MR) is 58.2 cm³/mol. The minimum atomic E-state index is -0.103. The molecule has 0 heterocycles. The topological polar surface area (TPSA) is 49.3 Å². The van der Waals surface area contributed by atoms with Crippen LogP contribution in [0.15, 0.2) is 30.3 Å². The van der Waals surface area contributed by atoms with Crippen LogP contribution in [0.5, 0.6) is 0 Å². The molecule has 0 saturated heterocycles. The minimum absolute atomic E-state index is 0.0271. The van der Waals surface area contributed by atoms with Crippen molar-refractivity contribution in [2.24, 2.45) is 0 Å². The monoisotopic (exact) mass is 203 g/mol. The smallest absolute Gasteiger partial charge is 0.251 e. The van der Waals surface area contributed by atoms with Gasteiger partial charge in [-0.3, -0.25) is 4.79 Å². The summed E-state index contributed by atoms with van der Waals surface area (Å²) in [6.45, 7) is 0.277. The summed E-state index contributed by atoms with van der Waals surface area (Å²) in [5.41, 5.74) is 2.92. The summed E-state index contributed by atoms with van der Waals surface area (Å²) < 4.78 is 0. The van der Waals surface area contributed by atoms with Crippen LogP contribution in [0.25, 0.3) is 5.57 Å². The van der Waals surface area contributed by atoms with Crippen molar-refractivity contribution in [2.45, 2.75) is 6.42 Å². The van der Waals surface area contributed by atoms with Gasteiger partial charge in [0.25, 0.3) is 5.91 Å². The summed E-state index contributed by atoms with van der Waals surface area (Å²) in [6.07, 6.45) is 2.75. The SMILES string of the molecule is O=C(NCCO)C1=CCc2ccccc21. The number of carbonyl (C=O) groups excluding carboxylic acids is 1. The van der Waals surface area contributed by atoms with E-state index in [0.29, 0.717) is 6.54 Å². The summed E-state index contributed by atoms with van der Waals surface area (Å²) in [5, 5.41) is 11.3. The van der Waals surface area contributed by atoms with Crippen LogP contribution >= 0.6 is 0 Å². The second-order valence-electron chi connectivity index (χ2n) is 3.46. The highest BCUT2D eigenvalue weighted by Crippen LogP contribution is 2.26. The maximum atomic E-state index is 11.7. The Morgan fingerprint density at radius 3 is 3.00 bits per heavy atom. The van der Waals surface area contributed by atoms with Crippen LogP contribution in [0.3, 0.4) is 0 Å². The van der Waals surface area contributed by atoms with Crippen molar-refractivity contribution in [1.29, 1.82) is 0 Å². The van der Waals surface area contributed by atoms with Crippen LogP contribution < -0.4 is 5.32 Å². The normalized spacial score (nSPS) is 13.3. The highest BCUT2D eigenvalue weighted by molar-refractivity contribution is 6.20. The van der Waals surface area contributed by atoms with E-state index in [-0.39, 0.29) is 12.5 Å². The van der Waals surface area contributed by atoms with Crippen molar-refractivity contribution in [3.05, 3.63) is 41.5 Å². The summed E-state index contributed by atoms with van der Waals surface area (Å²) >= 11 is 0. The number of carbonyl (C=O) groups is 1. The fourth-order valence-electron chi connectivity index (χ4n) is 1.76. The fourth-order valence-corrected chi connectivity index (χ4v) is 1.76. The Bertz CT molecular complexity index is 410. The van der Waals surface area contributed by atoms with Crippen LogP contribution in [0.4, 0.5) is 0 Å². The first-order valence-corrected chi connectivity index (χ1v) is 5.00. The Labute approximate surface area is 88.4 Å². The molecule has 2 rings (SSSR count). The molecule has 1 amide bonds. The number of aliphatic hydroxyl groups is 1. The number of rotatable bonds is 3. The molecule has 15 heavy (non-hydrogen) atoms. The lowest BCUT2D eigenvalue weighted by Gasteiger charge is -2.05. The molecule has 0 aliphatic heterocycles. The van der Waals surface area contributed by atoms with E-state index in [2.05, 4.69) is 5.32 Å². The number of aliphatic hydroxyl groups excluding tert-OH is 1. The molecule has 78 valence electrons. The molecular formula is C12H13NO2. The molecule has 0 unspecified atom stereocenters. The molecule has 3 nitrogen and oxygen atoms in total. The van der Waals surface area contributed by atoms with Crippen molar-refractivity contribution in [1.82, 2.24) is 5.32 Å². The van der Waals surface area contributed by atoms with Gasteiger partial charge in [-0.15, -0.1) is 0 Å². The zero-order chi connectivity index (χ0) is 10.7. The lowest BCUT2D eigenvalue weighted by atomic mass is 10.1. The molecule has 0 radical (unpaired) electrons. The average Bonchev–Trinajstić information content (AvgIpc) is 2.69. The number of benzene rings is 1. The second-order valence-corrected chi connectivity index (χ2v) is 3.46. The first-order valence-electron chi connectivity index (χ1n) is 5.00. The van der Waals surface area contributed by atoms with Crippen molar-refractivity contribution < 1.29 is 9.90 Å². The third-order valence-corrected chi connectivity index (χ3v) is 2.48. The molecule has 2 N–H and O–H groups in total. The molecule has 1 aromatic rings. The molecule has 0 fully saturated rings. The number of nitrogens with one attached hydrogen (secondary N) is 1. The van der Waals surface area contributed by atoms with Gasteiger partial charge in [0.2, 0.25) is 0 Å². The van der Waals surface area contributed by atoms with Crippen molar-refractivity contribution in [2.75, 3.05) is 13.2 Å². The van der Waals surface area contributed by atoms with Gasteiger partial charge >= 0.3 is 0 Å². The molecule has 1 aromatic carbocycles. The number of allylic oxidation sites excluding steroid dienone is 1. The van der Waals surface area contributed by atoms with Crippen LogP contribution in [0.1, 0.15) is 11.1 Å². The third kappa shape index (κ3) is 1.92. The maximum absolute atomic E-state index is 11.7. The summed E-state index contributed by atoms with van der Waals surface area (Å²) in [4.78, 5) is 11.7. The fraction of sp³-hybridized carbons (Fsp3) is 0.250. The quantitative estimate of drug-likeness (QED) is 0.761. The number of amides is 1. The first-order chi connectivity index (χ1) is 7.33. The molecule has 1 aliphatic rings. The van der Waals surface area contributed by atoms with Gasteiger partial charge in [-0.05, 0) is 17.5 Å². The summed E-state index contributed by atoms with van der Waals surface area (Å²) in [7, 11) is 0. The van der Waals surface area contributed by atoms with Crippen molar-refractivity contribution in [3.63, 3.8) is 0 Å². The standard InChI is InChI=1S/C12H13NO2/c14-8-7-13-12(15)11-6-5-9-3-1-2-4-10(9)11/h1-4,6,14H,5,7-8H2,(H,13,15). The molecule has 0 spiro atoms. The Kier molecular flexibility index (Phi) is 2.83. The lowest BCUT2D eigenvalue weighted by molar-refractivity contribution is -0.115. The van der Waals surface area contributed by atoms with Crippen LogP contribution in [0, 0.1) is 0 Å². The average molecular weight is 203 g/mol. The largest absolute Gasteiger partial charge is 0.395 e. The Morgan fingerprint density at radius 1 is 1.40 bits per heavy atom. The lowest BCUT2D eigenvalue weighted by Crippen LogP contribution is -2.26. The van der Waals surface area contributed by atoms with E-state index in [0.717, 1.165) is 17.6 Å². The predicted octanol–water partition coefficient (Wildman–Crippen LogP) is 0.735. The zero-order valence-corrected chi connectivity index (χ0v) is 8.36. The van der Waals surface area contributed by atoms with Crippen molar-refractivity contribution >= 4 is 11.5 Å². The minimum Gasteiger partial charge on any atom is -0.395 e. The maximum Gasteiger partial charge on any atom is 0.251 e. The zero-order valence-electron chi connectivity index (χ0n) is 8.36. The number of hydrogen-bond acceptors (Lipinski definition) is 2. The van der Waals surface area contributed by atoms with E-state index in [4.69, 9.17) is 5.11 Å². The molecule has 3 heteroatoms. The third-order valence-electron chi connectivity index (χ3n) is 2.48. The number of fused-ring (bicyclic) bond motifs is 1. The van der Waals surface area contributed by atoms with Gasteiger partial charge in [-0.2, -0.15) is 0 Å². The Balaban J connectivity index is 2.16. The highest BCUT2D eigenvalue weighted by atomic mass is 16.3. The molecule has 0 atom stereocenters. The van der Waals surface area contributed by atoms with E-state index in [1.165, 1.54) is 5.56 Å². The van der Waals surface area contributed by atoms with Crippen molar-refractivity contribution in [3.8, 4) is 0 Å². The van der Waals surface area contributed by atoms with Gasteiger partial charge in [0.05, 0.1) is 6.61 Å². The van der Waals surface area contributed by atoms with Gasteiger partial charge in [-0.25, -0.2) is 0 Å². The van der Waals surface area contributed by atoms with E-state index in [1.807, 2.05) is 30.3 Å². The first kappa shape index (κ1) is 9.93. The second kappa shape index (κ2) is 4.28. The van der Waals surface area contributed by atoms with Gasteiger partial charge in [0.1, 0.15) is 0 Å². The summed E-state index contributed by atoms with van der Waals surface area (Å²) in [6, 6.07) is 7.88. The van der Waals surface area contributed by atoms with E-state index < -0.39 is 0 Å². The molecule has 1 aliphatic carbocycles. The molecule has 0 bridgehead atoms. The van der Waals surface area contributed by atoms with E-state index in [9.17, 15) is 4.79 Å². The van der Waals surface area contributed by atoms with E-state index >= 15 is 0 Å². The van der Waals surface area contributed by atoms with Gasteiger partial charge in [0.15, 0.2) is 0 Å². The summed E-state index contributed by atoms with van der Waals surface area (Å²) in [5.74, 6) is -0.103.